The third-order valence-electron chi connectivity index (χ3n) is 2.60. The van der Waals surface area contributed by atoms with Crippen LogP contribution in [0.1, 0.15) is 6.42 Å². The van der Waals surface area contributed by atoms with Gasteiger partial charge >= 0.3 is 0 Å². The molecule has 2 nitrogen and oxygen atoms in total. The van der Waals surface area contributed by atoms with Crippen molar-refractivity contribution in [1.82, 2.24) is 5.32 Å². The molecule has 0 bridgehead atoms. The van der Waals surface area contributed by atoms with Crippen LogP contribution in [0, 0.1) is 11.3 Å². The second-order valence-corrected chi connectivity index (χ2v) is 3.31. The van der Waals surface area contributed by atoms with Gasteiger partial charge in [-0.1, -0.05) is 0 Å². The van der Waals surface area contributed by atoms with Gasteiger partial charge < -0.3 is 10.1 Å². The van der Waals surface area contributed by atoms with Gasteiger partial charge in [0.1, 0.15) is 0 Å². The first-order valence-electron chi connectivity index (χ1n) is 3.60. The summed E-state index contributed by atoms with van der Waals surface area (Å²) in [5.41, 5.74) is 0.578. The first kappa shape index (κ1) is 5.69. The van der Waals surface area contributed by atoms with Gasteiger partial charge in [-0.2, -0.15) is 0 Å². The van der Waals surface area contributed by atoms with E-state index in [2.05, 4.69) is 5.32 Å². The van der Waals surface area contributed by atoms with E-state index in [1.165, 1.54) is 6.42 Å². The highest BCUT2D eigenvalue weighted by atomic mass is 16.5. The topological polar surface area (TPSA) is 21.3 Å². The summed E-state index contributed by atoms with van der Waals surface area (Å²) in [7, 11) is 2.02. The number of fused-ring (bicyclic) bond motifs is 1. The molecule has 2 heteroatoms. The molecule has 52 valence electrons. The lowest BCUT2D eigenvalue weighted by Crippen LogP contribution is -2.22. The van der Waals surface area contributed by atoms with Crippen LogP contribution < -0.4 is 5.32 Å². The molecule has 0 amide bonds. The molecule has 0 aromatic rings. The van der Waals surface area contributed by atoms with Gasteiger partial charge in [-0.05, 0) is 19.4 Å². The van der Waals surface area contributed by atoms with Gasteiger partial charge in [-0.3, -0.25) is 0 Å². The average molecular weight is 127 g/mol. The lowest BCUT2D eigenvalue weighted by atomic mass is 10.1. The maximum Gasteiger partial charge on any atom is 0.0538 e. The first-order chi connectivity index (χ1) is 4.37. The summed E-state index contributed by atoms with van der Waals surface area (Å²) in [4.78, 5) is 0. The van der Waals surface area contributed by atoms with Gasteiger partial charge in [-0.25, -0.2) is 0 Å². The zero-order chi connectivity index (χ0) is 6.32. The highest BCUT2D eigenvalue weighted by Crippen LogP contribution is 2.56. The van der Waals surface area contributed by atoms with Crippen LogP contribution in [-0.2, 0) is 4.74 Å². The summed E-state index contributed by atoms with van der Waals surface area (Å²) < 4.78 is 5.32. The van der Waals surface area contributed by atoms with E-state index in [0.29, 0.717) is 5.41 Å². The van der Waals surface area contributed by atoms with Crippen molar-refractivity contribution in [3.05, 3.63) is 0 Å². The van der Waals surface area contributed by atoms with Crippen molar-refractivity contribution in [3.8, 4) is 0 Å². The minimum atomic E-state index is 0.578. The zero-order valence-electron chi connectivity index (χ0n) is 5.81. The Morgan fingerprint density at radius 1 is 1.78 bits per heavy atom. The number of rotatable bonds is 2. The van der Waals surface area contributed by atoms with Crippen LogP contribution in [0.15, 0.2) is 0 Å². The van der Waals surface area contributed by atoms with Crippen LogP contribution in [-0.4, -0.2) is 26.8 Å². The smallest absolute Gasteiger partial charge is 0.0538 e. The van der Waals surface area contributed by atoms with Gasteiger partial charge in [-0.15, -0.1) is 0 Å². The van der Waals surface area contributed by atoms with Crippen molar-refractivity contribution in [1.29, 1.82) is 0 Å². The monoisotopic (exact) mass is 127 g/mol. The van der Waals surface area contributed by atoms with Gasteiger partial charge in [0.05, 0.1) is 13.2 Å². The van der Waals surface area contributed by atoms with E-state index in [0.717, 1.165) is 25.7 Å². The zero-order valence-corrected chi connectivity index (χ0v) is 5.81. The Morgan fingerprint density at radius 3 is 3.11 bits per heavy atom. The van der Waals surface area contributed by atoms with Crippen molar-refractivity contribution in [2.45, 2.75) is 6.42 Å². The second kappa shape index (κ2) is 1.70. The molecule has 1 aliphatic carbocycles. The molecule has 1 heterocycles. The van der Waals surface area contributed by atoms with Crippen molar-refractivity contribution < 1.29 is 4.74 Å². The van der Waals surface area contributed by atoms with Crippen molar-refractivity contribution in [3.63, 3.8) is 0 Å². The van der Waals surface area contributed by atoms with Gasteiger partial charge in [0, 0.05) is 12.0 Å². The Hall–Kier alpha value is -0.0800. The Labute approximate surface area is 55.6 Å². The fraction of sp³-hybridized carbons (Fsp3) is 1.00. The van der Waals surface area contributed by atoms with Gasteiger partial charge in [0.15, 0.2) is 0 Å². The summed E-state index contributed by atoms with van der Waals surface area (Å²) >= 11 is 0. The van der Waals surface area contributed by atoms with E-state index >= 15 is 0 Å². The molecule has 0 aromatic carbocycles. The lowest BCUT2D eigenvalue weighted by Gasteiger charge is -2.07. The van der Waals surface area contributed by atoms with E-state index in [9.17, 15) is 0 Å². The van der Waals surface area contributed by atoms with E-state index in [1.807, 2.05) is 7.05 Å². The van der Waals surface area contributed by atoms with Crippen LogP contribution in [0.3, 0.4) is 0 Å². The van der Waals surface area contributed by atoms with Crippen LogP contribution in [0.4, 0.5) is 0 Å². The molecule has 0 aromatic heterocycles. The minimum Gasteiger partial charge on any atom is -0.380 e. The predicted molar refractivity (Wildman–Crippen MR) is 35.3 cm³/mol. The van der Waals surface area contributed by atoms with Crippen molar-refractivity contribution in [2.75, 3.05) is 26.8 Å². The van der Waals surface area contributed by atoms with Crippen LogP contribution in [0.25, 0.3) is 0 Å². The van der Waals surface area contributed by atoms with E-state index in [-0.39, 0.29) is 0 Å². The first-order valence-corrected chi connectivity index (χ1v) is 3.60. The standard InChI is InChI=1S/C7H13NO/c1-8-4-7-2-6(7)3-9-5-7/h6,8H,2-5H2,1H3/t6-,7-/m0/s1. The molecule has 2 aliphatic rings. The molecule has 2 atom stereocenters. The number of ether oxygens (including phenoxy) is 1. The minimum absolute atomic E-state index is 0.578. The molecule has 1 N–H and O–H groups in total. The van der Waals surface area contributed by atoms with Gasteiger partial charge in [0.2, 0.25) is 0 Å². The third kappa shape index (κ3) is 0.700. The largest absolute Gasteiger partial charge is 0.380 e. The molecule has 0 spiro atoms. The van der Waals surface area contributed by atoms with Crippen LogP contribution >= 0.6 is 0 Å². The summed E-state index contributed by atoms with van der Waals surface area (Å²) in [6.07, 6.45) is 1.40. The Kier molecular flexibility index (Phi) is 1.08. The Bertz CT molecular complexity index is 126. The Balaban J connectivity index is 1.95. The number of hydrogen-bond donors (Lipinski definition) is 1. The SMILES string of the molecule is CNC[C@@]12COC[C@@H]1C2. The van der Waals surface area contributed by atoms with E-state index < -0.39 is 0 Å². The molecule has 9 heavy (non-hydrogen) atoms. The summed E-state index contributed by atoms with van der Waals surface area (Å²) in [5.74, 6) is 0.893. The summed E-state index contributed by atoms with van der Waals surface area (Å²) in [6, 6.07) is 0. The van der Waals surface area contributed by atoms with E-state index in [1.54, 1.807) is 0 Å². The molecule has 1 aliphatic heterocycles. The molecule has 0 radical (unpaired) electrons. The highest BCUT2D eigenvalue weighted by Gasteiger charge is 2.57. The number of nitrogens with one attached hydrogen (secondary N) is 1. The molecule has 0 unspecified atom stereocenters. The average Bonchev–Trinajstić information content (AvgIpc) is 2.37. The summed E-state index contributed by atoms with van der Waals surface area (Å²) in [5, 5.41) is 3.21. The fourth-order valence-corrected chi connectivity index (χ4v) is 1.87. The molecule has 2 fully saturated rings. The molecule has 2 rings (SSSR count). The molecular formula is C7H13NO. The van der Waals surface area contributed by atoms with Crippen LogP contribution in [0.2, 0.25) is 0 Å². The van der Waals surface area contributed by atoms with Crippen molar-refractivity contribution >= 4 is 0 Å². The second-order valence-electron chi connectivity index (χ2n) is 3.31. The molecule has 1 saturated carbocycles. The lowest BCUT2D eigenvalue weighted by molar-refractivity contribution is 0.146. The number of hydrogen-bond acceptors (Lipinski definition) is 2. The molecular weight excluding hydrogens is 114 g/mol. The predicted octanol–water partition coefficient (Wildman–Crippen LogP) is 0.242. The van der Waals surface area contributed by atoms with Crippen LogP contribution in [0.5, 0.6) is 0 Å². The normalized spacial score (nSPS) is 47.0. The summed E-state index contributed by atoms with van der Waals surface area (Å²) in [6.45, 7) is 3.16. The maximum absolute atomic E-state index is 5.32. The quantitative estimate of drug-likeness (QED) is 0.574. The van der Waals surface area contributed by atoms with Gasteiger partial charge in [0.25, 0.3) is 0 Å². The highest BCUT2D eigenvalue weighted by molar-refractivity contribution is 5.06. The van der Waals surface area contributed by atoms with E-state index in [4.69, 9.17) is 4.74 Å². The fourth-order valence-electron chi connectivity index (χ4n) is 1.87. The Morgan fingerprint density at radius 2 is 2.67 bits per heavy atom. The van der Waals surface area contributed by atoms with Crippen molar-refractivity contribution in [2.24, 2.45) is 11.3 Å². The third-order valence-corrected chi connectivity index (χ3v) is 2.60. The maximum atomic E-state index is 5.32. The molecule has 1 saturated heterocycles.